The molecule has 1 aromatic rings. The number of thiocarbonyl (C=S) groups is 1. The standard InChI is InChI=1S/C12H13ClF2N2OS/c1-2-3-7(11(16)19)12(18)17-10-8(13)4-6(14)5-9(10)15/h4-5,7H,2-3H2,1H3,(H2,16,19)(H,17,18). The Balaban J connectivity index is 2.96. The van der Waals surface area contributed by atoms with Crippen LogP contribution in [0.4, 0.5) is 14.5 Å². The van der Waals surface area contributed by atoms with Gasteiger partial charge in [0.1, 0.15) is 5.82 Å². The van der Waals surface area contributed by atoms with Gasteiger partial charge in [-0.1, -0.05) is 37.2 Å². The van der Waals surface area contributed by atoms with Gasteiger partial charge in [0, 0.05) is 6.07 Å². The number of benzene rings is 1. The minimum Gasteiger partial charge on any atom is -0.393 e. The van der Waals surface area contributed by atoms with Crippen LogP contribution in [0.5, 0.6) is 0 Å². The average molecular weight is 307 g/mol. The zero-order valence-electron chi connectivity index (χ0n) is 10.2. The van der Waals surface area contributed by atoms with Crippen molar-refractivity contribution in [3.63, 3.8) is 0 Å². The fourth-order valence-corrected chi connectivity index (χ4v) is 2.03. The van der Waals surface area contributed by atoms with Crippen LogP contribution >= 0.6 is 23.8 Å². The first-order chi connectivity index (χ1) is 8.86. The number of nitrogens with two attached hydrogens (primary N) is 1. The smallest absolute Gasteiger partial charge is 0.234 e. The molecule has 1 aromatic carbocycles. The van der Waals surface area contributed by atoms with Crippen molar-refractivity contribution in [1.82, 2.24) is 0 Å². The summed E-state index contributed by atoms with van der Waals surface area (Å²) in [5.74, 6) is -3.03. The van der Waals surface area contributed by atoms with Crippen molar-refractivity contribution in [3.8, 4) is 0 Å². The van der Waals surface area contributed by atoms with Gasteiger partial charge < -0.3 is 11.1 Å². The van der Waals surface area contributed by atoms with Gasteiger partial charge in [-0.15, -0.1) is 0 Å². The molecule has 19 heavy (non-hydrogen) atoms. The topological polar surface area (TPSA) is 55.1 Å². The van der Waals surface area contributed by atoms with Crippen LogP contribution in [0.2, 0.25) is 5.02 Å². The average Bonchev–Trinajstić information content (AvgIpc) is 2.29. The molecule has 0 saturated heterocycles. The van der Waals surface area contributed by atoms with E-state index in [1.54, 1.807) is 0 Å². The van der Waals surface area contributed by atoms with E-state index in [9.17, 15) is 13.6 Å². The number of hydrogen-bond donors (Lipinski definition) is 2. The van der Waals surface area contributed by atoms with Crippen molar-refractivity contribution < 1.29 is 13.6 Å². The second kappa shape index (κ2) is 6.77. The van der Waals surface area contributed by atoms with Gasteiger partial charge in [-0.3, -0.25) is 4.79 Å². The molecule has 0 radical (unpaired) electrons. The Bertz CT molecular complexity index is 487. The monoisotopic (exact) mass is 306 g/mol. The molecule has 104 valence electrons. The van der Waals surface area contributed by atoms with Gasteiger partial charge in [0.15, 0.2) is 5.82 Å². The molecule has 0 aromatic heterocycles. The third-order valence-corrected chi connectivity index (χ3v) is 3.07. The van der Waals surface area contributed by atoms with Crippen LogP contribution in [0.3, 0.4) is 0 Å². The molecule has 0 heterocycles. The van der Waals surface area contributed by atoms with Gasteiger partial charge in [-0.05, 0) is 12.5 Å². The molecule has 3 nitrogen and oxygen atoms in total. The molecule has 3 N–H and O–H groups in total. The molecule has 0 spiro atoms. The number of halogens is 3. The summed E-state index contributed by atoms with van der Waals surface area (Å²) >= 11 is 10.5. The highest BCUT2D eigenvalue weighted by Crippen LogP contribution is 2.27. The summed E-state index contributed by atoms with van der Waals surface area (Å²) in [6.45, 7) is 1.87. The lowest BCUT2D eigenvalue weighted by molar-refractivity contribution is -0.118. The summed E-state index contributed by atoms with van der Waals surface area (Å²) in [5, 5.41) is 2.07. The molecule has 1 unspecified atom stereocenters. The van der Waals surface area contributed by atoms with Gasteiger partial charge in [0.05, 0.1) is 21.6 Å². The predicted octanol–water partition coefficient (Wildman–Crippen LogP) is 3.26. The van der Waals surface area contributed by atoms with E-state index in [4.69, 9.17) is 29.6 Å². The Labute approximate surface area is 120 Å². The van der Waals surface area contributed by atoms with Crippen molar-refractivity contribution >= 4 is 40.4 Å². The SMILES string of the molecule is CCCC(C(=O)Nc1c(F)cc(F)cc1Cl)C(N)=S. The molecule has 0 bridgehead atoms. The van der Waals surface area contributed by atoms with E-state index in [0.717, 1.165) is 6.07 Å². The van der Waals surface area contributed by atoms with E-state index in [2.05, 4.69) is 5.32 Å². The highest BCUT2D eigenvalue weighted by molar-refractivity contribution is 7.80. The van der Waals surface area contributed by atoms with E-state index < -0.39 is 23.5 Å². The quantitative estimate of drug-likeness (QED) is 0.821. The van der Waals surface area contributed by atoms with Crippen LogP contribution in [-0.2, 0) is 4.79 Å². The van der Waals surface area contributed by atoms with E-state index in [1.165, 1.54) is 0 Å². The Kier molecular flexibility index (Phi) is 5.62. The Morgan fingerprint density at radius 1 is 1.53 bits per heavy atom. The Morgan fingerprint density at radius 2 is 2.16 bits per heavy atom. The molecule has 0 aliphatic rings. The van der Waals surface area contributed by atoms with Crippen LogP contribution in [0.25, 0.3) is 0 Å². The molecule has 1 rings (SSSR count). The number of carbonyl (C=O) groups is 1. The van der Waals surface area contributed by atoms with Crippen LogP contribution in [-0.4, -0.2) is 10.9 Å². The third-order valence-electron chi connectivity index (χ3n) is 2.49. The Morgan fingerprint density at radius 3 is 2.63 bits per heavy atom. The van der Waals surface area contributed by atoms with Crippen molar-refractivity contribution in [3.05, 3.63) is 28.8 Å². The van der Waals surface area contributed by atoms with E-state index in [0.29, 0.717) is 18.9 Å². The minimum absolute atomic E-state index is 0.0259. The molecule has 0 fully saturated rings. The van der Waals surface area contributed by atoms with Crippen molar-refractivity contribution in [2.24, 2.45) is 11.7 Å². The summed E-state index contributed by atoms with van der Waals surface area (Å²) in [4.78, 5) is 12.0. The van der Waals surface area contributed by atoms with Gasteiger partial charge in [-0.25, -0.2) is 8.78 Å². The molecular weight excluding hydrogens is 294 g/mol. The summed E-state index contributed by atoms with van der Waals surface area (Å²) in [5.41, 5.74) is 5.19. The lowest BCUT2D eigenvalue weighted by Gasteiger charge is -2.15. The third kappa shape index (κ3) is 4.11. The van der Waals surface area contributed by atoms with Crippen molar-refractivity contribution in [2.75, 3.05) is 5.32 Å². The van der Waals surface area contributed by atoms with Crippen molar-refractivity contribution in [1.29, 1.82) is 0 Å². The number of anilines is 1. The normalized spacial score (nSPS) is 12.0. The first-order valence-electron chi connectivity index (χ1n) is 5.61. The highest BCUT2D eigenvalue weighted by Gasteiger charge is 2.22. The molecule has 0 aliphatic carbocycles. The van der Waals surface area contributed by atoms with Gasteiger partial charge >= 0.3 is 0 Å². The van der Waals surface area contributed by atoms with E-state index in [1.807, 2.05) is 6.92 Å². The van der Waals surface area contributed by atoms with Gasteiger partial charge in [0.2, 0.25) is 5.91 Å². The number of rotatable bonds is 5. The molecule has 0 aliphatic heterocycles. The second-order valence-electron chi connectivity index (χ2n) is 3.98. The zero-order chi connectivity index (χ0) is 14.6. The second-order valence-corrected chi connectivity index (χ2v) is 4.86. The maximum atomic E-state index is 13.5. The number of hydrogen-bond acceptors (Lipinski definition) is 2. The van der Waals surface area contributed by atoms with Gasteiger partial charge in [-0.2, -0.15) is 0 Å². The van der Waals surface area contributed by atoms with Gasteiger partial charge in [0.25, 0.3) is 0 Å². The van der Waals surface area contributed by atoms with E-state index >= 15 is 0 Å². The maximum absolute atomic E-state index is 13.5. The number of amides is 1. The first kappa shape index (κ1) is 15.8. The maximum Gasteiger partial charge on any atom is 0.234 e. The predicted molar refractivity (Wildman–Crippen MR) is 75.2 cm³/mol. The lowest BCUT2D eigenvalue weighted by atomic mass is 10.0. The fourth-order valence-electron chi connectivity index (χ4n) is 1.56. The minimum atomic E-state index is -0.948. The molecule has 7 heteroatoms. The summed E-state index contributed by atoms with van der Waals surface area (Å²) in [6, 6.07) is 1.55. The van der Waals surface area contributed by atoms with Crippen LogP contribution in [0.1, 0.15) is 19.8 Å². The first-order valence-corrected chi connectivity index (χ1v) is 6.40. The molecular formula is C12H13ClF2N2OS. The lowest BCUT2D eigenvalue weighted by Crippen LogP contribution is -2.33. The number of nitrogens with one attached hydrogen (secondary N) is 1. The fraction of sp³-hybridized carbons (Fsp3) is 0.333. The van der Waals surface area contributed by atoms with Crippen LogP contribution < -0.4 is 11.1 Å². The van der Waals surface area contributed by atoms with Crippen molar-refractivity contribution in [2.45, 2.75) is 19.8 Å². The summed E-state index contributed by atoms with van der Waals surface area (Å²) in [6.07, 6.45) is 1.14. The largest absolute Gasteiger partial charge is 0.393 e. The number of carbonyl (C=O) groups excluding carboxylic acids is 1. The summed E-state index contributed by atoms with van der Waals surface area (Å²) in [7, 11) is 0. The molecule has 1 amide bonds. The van der Waals surface area contributed by atoms with Crippen LogP contribution in [0, 0.1) is 17.6 Å². The molecule has 1 atom stereocenters. The highest BCUT2D eigenvalue weighted by atomic mass is 35.5. The summed E-state index contributed by atoms with van der Waals surface area (Å²) < 4.78 is 26.4. The Hall–Kier alpha value is -1.27. The van der Waals surface area contributed by atoms with E-state index in [-0.39, 0.29) is 15.7 Å². The van der Waals surface area contributed by atoms with Crippen LogP contribution in [0.15, 0.2) is 12.1 Å². The zero-order valence-corrected chi connectivity index (χ0v) is 11.7. The molecule has 0 saturated carbocycles.